The van der Waals surface area contributed by atoms with E-state index in [9.17, 15) is 22.4 Å². The van der Waals surface area contributed by atoms with Crippen molar-refractivity contribution in [2.45, 2.75) is 57.4 Å². The molecule has 1 aliphatic rings. The summed E-state index contributed by atoms with van der Waals surface area (Å²) in [5.74, 6) is -0.381. The molecule has 1 saturated heterocycles. The first-order valence-corrected chi connectivity index (χ1v) is 11.2. The highest BCUT2D eigenvalue weighted by molar-refractivity contribution is 6.29. The maximum atomic E-state index is 13.5. The van der Waals surface area contributed by atoms with Crippen LogP contribution in [0.2, 0.25) is 5.15 Å². The van der Waals surface area contributed by atoms with Crippen molar-refractivity contribution in [1.82, 2.24) is 9.88 Å². The lowest BCUT2D eigenvalue weighted by atomic mass is 9.73. The maximum Gasteiger partial charge on any atom is 0.416 e. The Morgan fingerprint density at radius 3 is 2.29 bits per heavy atom. The van der Waals surface area contributed by atoms with E-state index in [-0.39, 0.29) is 29.9 Å². The van der Waals surface area contributed by atoms with Crippen LogP contribution in [0.1, 0.15) is 50.4 Å². The minimum atomic E-state index is -4.55. The van der Waals surface area contributed by atoms with Crippen molar-refractivity contribution in [1.29, 1.82) is 0 Å². The van der Waals surface area contributed by atoms with Crippen molar-refractivity contribution in [2.75, 3.05) is 19.7 Å². The summed E-state index contributed by atoms with van der Waals surface area (Å²) in [6.07, 6.45) is -3.95. The smallest absolute Gasteiger partial charge is 0.416 e. The van der Waals surface area contributed by atoms with E-state index in [0.29, 0.717) is 25.9 Å². The zero-order valence-corrected chi connectivity index (χ0v) is 20.0. The lowest BCUT2D eigenvalue weighted by Crippen LogP contribution is -2.48. The number of rotatable bonds is 5. The van der Waals surface area contributed by atoms with Crippen molar-refractivity contribution < 1.29 is 31.8 Å². The standard InChI is InChI=1S/C24H27ClF4N2O3/c1-22(2,3)34-21(32)31-10-8-23(9-11-31,16-4-6-18(26)7-5-16)15-33-14-19-12-17(24(27,28)29)13-20(25)30-19/h4-7,12-13H,8-11,14-15H2,1-3H3. The van der Waals surface area contributed by atoms with Gasteiger partial charge in [-0.1, -0.05) is 23.7 Å². The van der Waals surface area contributed by atoms with Crippen molar-refractivity contribution >= 4 is 17.7 Å². The van der Waals surface area contributed by atoms with Crippen molar-refractivity contribution in [3.63, 3.8) is 0 Å². The number of carbonyl (C=O) groups excluding carboxylic acids is 1. The van der Waals surface area contributed by atoms with Gasteiger partial charge in [-0.05, 0) is 63.4 Å². The van der Waals surface area contributed by atoms with Crippen molar-refractivity contribution in [2.24, 2.45) is 0 Å². The Morgan fingerprint density at radius 1 is 1.12 bits per heavy atom. The number of pyridine rings is 1. The number of hydrogen-bond acceptors (Lipinski definition) is 4. The van der Waals surface area contributed by atoms with E-state index in [1.165, 1.54) is 12.1 Å². The summed E-state index contributed by atoms with van der Waals surface area (Å²) in [6.45, 7) is 6.13. The van der Waals surface area contributed by atoms with Gasteiger partial charge >= 0.3 is 12.3 Å². The molecule has 1 aromatic carbocycles. The average Bonchev–Trinajstić information content (AvgIpc) is 2.72. The van der Waals surface area contributed by atoms with Gasteiger partial charge in [0.1, 0.15) is 16.6 Å². The van der Waals surface area contributed by atoms with Gasteiger partial charge in [-0.3, -0.25) is 0 Å². The first kappa shape index (κ1) is 26.2. The average molecular weight is 503 g/mol. The summed E-state index contributed by atoms with van der Waals surface area (Å²) >= 11 is 5.76. The van der Waals surface area contributed by atoms with Gasteiger partial charge in [0, 0.05) is 18.5 Å². The topological polar surface area (TPSA) is 51.7 Å². The van der Waals surface area contributed by atoms with E-state index >= 15 is 0 Å². The molecule has 2 aromatic rings. The molecule has 3 rings (SSSR count). The van der Waals surface area contributed by atoms with E-state index in [2.05, 4.69) is 4.98 Å². The number of carbonyl (C=O) groups is 1. The Hall–Kier alpha value is -2.39. The number of hydrogen-bond donors (Lipinski definition) is 0. The number of likely N-dealkylation sites (tertiary alicyclic amines) is 1. The lowest BCUT2D eigenvalue weighted by Gasteiger charge is -2.42. The predicted octanol–water partition coefficient (Wildman–Crippen LogP) is 6.38. The third-order valence-corrected chi connectivity index (χ3v) is 5.83. The van der Waals surface area contributed by atoms with Crippen LogP contribution in [-0.4, -0.2) is 41.3 Å². The zero-order chi connectivity index (χ0) is 25.1. The Bertz CT molecular complexity index is 999. The third kappa shape index (κ3) is 6.82. The Labute approximate surface area is 201 Å². The van der Waals surface area contributed by atoms with Crippen LogP contribution in [0.3, 0.4) is 0 Å². The van der Waals surface area contributed by atoms with Gasteiger partial charge < -0.3 is 14.4 Å². The van der Waals surface area contributed by atoms with E-state index < -0.39 is 28.8 Å². The van der Waals surface area contributed by atoms with Gasteiger partial charge in [-0.2, -0.15) is 13.2 Å². The quantitative estimate of drug-likeness (QED) is 0.352. The number of benzene rings is 1. The predicted molar refractivity (Wildman–Crippen MR) is 119 cm³/mol. The molecule has 0 bridgehead atoms. The second-order valence-corrected chi connectivity index (χ2v) is 9.80. The fourth-order valence-electron chi connectivity index (χ4n) is 3.90. The Morgan fingerprint density at radius 2 is 1.74 bits per heavy atom. The lowest BCUT2D eigenvalue weighted by molar-refractivity contribution is -0.137. The first-order chi connectivity index (χ1) is 15.8. The molecule has 186 valence electrons. The molecule has 2 heterocycles. The molecule has 0 N–H and O–H groups in total. The molecular weight excluding hydrogens is 476 g/mol. The normalized spacial score (nSPS) is 16.4. The number of alkyl halides is 3. The molecule has 0 saturated carbocycles. The van der Waals surface area contributed by atoms with Crippen LogP contribution in [0.15, 0.2) is 36.4 Å². The SMILES string of the molecule is CC(C)(C)OC(=O)N1CCC(COCc2cc(C(F)(F)F)cc(Cl)n2)(c2ccc(F)cc2)CC1. The van der Waals surface area contributed by atoms with Crippen LogP contribution < -0.4 is 0 Å². The second kappa shape index (κ2) is 10.1. The van der Waals surface area contributed by atoms with E-state index in [4.69, 9.17) is 21.1 Å². The van der Waals surface area contributed by atoms with Gasteiger partial charge in [0.15, 0.2) is 0 Å². The summed E-state index contributed by atoms with van der Waals surface area (Å²) in [5.41, 5.74) is -1.19. The molecule has 0 unspecified atom stereocenters. The molecule has 0 atom stereocenters. The van der Waals surface area contributed by atoms with Crippen molar-refractivity contribution in [3.8, 4) is 0 Å². The highest BCUT2D eigenvalue weighted by Gasteiger charge is 2.39. The highest BCUT2D eigenvalue weighted by atomic mass is 35.5. The van der Waals surface area contributed by atoms with Gasteiger partial charge in [-0.25, -0.2) is 14.2 Å². The number of piperidine rings is 1. The molecule has 34 heavy (non-hydrogen) atoms. The van der Waals surface area contributed by atoms with Crippen LogP contribution in [0.5, 0.6) is 0 Å². The monoisotopic (exact) mass is 502 g/mol. The summed E-state index contributed by atoms with van der Waals surface area (Å²) in [6, 6.07) is 7.71. The number of aromatic nitrogens is 1. The summed E-state index contributed by atoms with van der Waals surface area (Å²) in [5, 5.41) is -0.271. The summed E-state index contributed by atoms with van der Waals surface area (Å²) in [7, 11) is 0. The van der Waals surface area contributed by atoms with E-state index in [1.54, 1.807) is 37.8 Å². The molecule has 0 radical (unpaired) electrons. The zero-order valence-electron chi connectivity index (χ0n) is 19.2. The molecular formula is C24H27ClF4N2O3. The molecule has 5 nitrogen and oxygen atoms in total. The molecule has 1 amide bonds. The van der Waals surface area contributed by atoms with E-state index in [0.717, 1.165) is 17.7 Å². The summed E-state index contributed by atoms with van der Waals surface area (Å²) in [4.78, 5) is 18.0. The fourth-order valence-corrected chi connectivity index (χ4v) is 4.13. The van der Waals surface area contributed by atoms with Crippen molar-refractivity contribution in [3.05, 3.63) is 64.2 Å². The van der Waals surface area contributed by atoms with Crippen LogP contribution in [-0.2, 0) is 27.7 Å². The van der Waals surface area contributed by atoms with Gasteiger partial charge in [-0.15, -0.1) is 0 Å². The first-order valence-electron chi connectivity index (χ1n) is 10.8. The molecule has 10 heteroatoms. The van der Waals surface area contributed by atoms with E-state index in [1.807, 2.05) is 0 Å². The van der Waals surface area contributed by atoms with Gasteiger partial charge in [0.05, 0.1) is 24.5 Å². The number of halogens is 5. The number of ether oxygens (including phenoxy) is 2. The highest BCUT2D eigenvalue weighted by Crippen LogP contribution is 2.37. The molecule has 1 fully saturated rings. The Kier molecular flexibility index (Phi) is 7.77. The minimum Gasteiger partial charge on any atom is -0.444 e. The molecule has 1 aromatic heterocycles. The molecule has 0 spiro atoms. The number of nitrogens with zero attached hydrogens (tertiary/aromatic N) is 2. The van der Waals surface area contributed by atoms with Crippen LogP contribution >= 0.6 is 11.6 Å². The summed E-state index contributed by atoms with van der Waals surface area (Å²) < 4.78 is 64.1. The maximum absolute atomic E-state index is 13.5. The largest absolute Gasteiger partial charge is 0.444 e. The third-order valence-electron chi connectivity index (χ3n) is 5.63. The minimum absolute atomic E-state index is 0.0558. The van der Waals surface area contributed by atoms with Crippen LogP contribution in [0.25, 0.3) is 0 Å². The van der Waals surface area contributed by atoms with Crippen LogP contribution in [0, 0.1) is 5.82 Å². The molecule has 1 aliphatic heterocycles. The second-order valence-electron chi connectivity index (χ2n) is 9.42. The number of amides is 1. The van der Waals surface area contributed by atoms with Crippen LogP contribution in [0.4, 0.5) is 22.4 Å². The Balaban J connectivity index is 1.74. The molecule has 0 aliphatic carbocycles. The van der Waals surface area contributed by atoms with Gasteiger partial charge in [0.2, 0.25) is 0 Å². The van der Waals surface area contributed by atoms with Gasteiger partial charge in [0.25, 0.3) is 0 Å². The fraction of sp³-hybridized carbons (Fsp3) is 0.500.